The number of benzene rings is 1. The molecule has 0 spiro atoms. The summed E-state index contributed by atoms with van der Waals surface area (Å²) in [6.45, 7) is 0. The summed E-state index contributed by atoms with van der Waals surface area (Å²) in [5.41, 5.74) is 0.477. The van der Waals surface area contributed by atoms with Crippen molar-refractivity contribution in [1.29, 1.82) is 0 Å². The number of ether oxygens (including phenoxy) is 2. The van der Waals surface area contributed by atoms with Gasteiger partial charge in [-0.2, -0.15) is 0 Å². The molecule has 0 aromatic heterocycles. The zero-order valence-corrected chi connectivity index (χ0v) is 13.3. The number of hydrogen-bond acceptors (Lipinski definition) is 3. The molecule has 1 fully saturated rings. The van der Waals surface area contributed by atoms with E-state index in [0.29, 0.717) is 17.1 Å². The molecule has 2 rings (SSSR count). The van der Waals surface area contributed by atoms with Gasteiger partial charge in [0.25, 0.3) is 5.91 Å². The first-order valence-electron chi connectivity index (χ1n) is 7.33. The fourth-order valence-electron chi connectivity index (χ4n) is 2.74. The summed E-state index contributed by atoms with van der Waals surface area (Å²) in [5.74, 6) is 0.842. The zero-order chi connectivity index (χ0) is 15.2. The van der Waals surface area contributed by atoms with E-state index in [1.54, 1.807) is 25.3 Å². The summed E-state index contributed by atoms with van der Waals surface area (Å²) >= 11 is 6.38. The van der Waals surface area contributed by atoms with Gasteiger partial charge in [0.2, 0.25) is 0 Å². The molecule has 1 amide bonds. The molecule has 1 aromatic rings. The van der Waals surface area contributed by atoms with E-state index in [4.69, 9.17) is 21.1 Å². The Morgan fingerprint density at radius 2 is 1.95 bits per heavy atom. The molecule has 0 heterocycles. The van der Waals surface area contributed by atoms with E-state index in [0.717, 1.165) is 25.7 Å². The fraction of sp³-hybridized carbons (Fsp3) is 0.562. The Morgan fingerprint density at radius 3 is 2.67 bits per heavy atom. The van der Waals surface area contributed by atoms with E-state index >= 15 is 0 Å². The van der Waals surface area contributed by atoms with Crippen LogP contribution in [0, 0.1) is 0 Å². The number of halogens is 1. The lowest BCUT2D eigenvalue weighted by atomic mass is 10.1. The first-order valence-corrected chi connectivity index (χ1v) is 7.77. The summed E-state index contributed by atoms with van der Waals surface area (Å²) < 4.78 is 10.5. The van der Waals surface area contributed by atoms with Gasteiger partial charge in [-0.25, -0.2) is 0 Å². The number of alkyl halides is 1. The SMILES string of the molecule is COc1cccc(C(=O)NC2CCCCCC2Cl)c1OC. The maximum Gasteiger partial charge on any atom is 0.255 e. The predicted molar refractivity (Wildman–Crippen MR) is 83.5 cm³/mol. The lowest BCUT2D eigenvalue weighted by Crippen LogP contribution is -2.40. The zero-order valence-electron chi connectivity index (χ0n) is 12.5. The molecule has 0 aliphatic heterocycles. The Bertz CT molecular complexity index is 492. The summed E-state index contributed by atoms with van der Waals surface area (Å²) in [7, 11) is 3.09. The third-order valence-electron chi connectivity index (χ3n) is 3.90. The molecular formula is C16H22ClNO3. The summed E-state index contributed by atoms with van der Waals surface area (Å²) in [6, 6.07) is 5.29. The largest absolute Gasteiger partial charge is 0.493 e. The molecule has 1 aliphatic carbocycles. The summed E-state index contributed by atoms with van der Waals surface area (Å²) in [4.78, 5) is 12.5. The van der Waals surface area contributed by atoms with Crippen LogP contribution in [0.15, 0.2) is 18.2 Å². The third-order valence-corrected chi connectivity index (χ3v) is 4.42. The lowest BCUT2D eigenvalue weighted by molar-refractivity contribution is 0.0930. The van der Waals surface area contributed by atoms with Crippen molar-refractivity contribution in [3.05, 3.63) is 23.8 Å². The van der Waals surface area contributed by atoms with Gasteiger partial charge in [0.1, 0.15) is 0 Å². The number of carbonyl (C=O) groups is 1. The monoisotopic (exact) mass is 311 g/mol. The fourth-order valence-corrected chi connectivity index (χ4v) is 3.08. The van der Waals surface area contributed by atoms with Crippen LogP contribution in [0.2, 0.25) is 0 Å². The molecule has 2 unspecified atom stereocenters. The van der Waals surface area contributed by atoms with Crippen molar-refractivity contribution in [2.24, 2.45) is 0 Å². The quantitative estimate of drug-likeness (QED) is 0.685. The molecule has 0 radical (unpaired) electrons. The first kappa shape index (κ1) is 16.0. The van der Waals surface area contributed by atoms with Crippen molar-refractivity contribution >= 4 is 17.5 Å². The topological polar surface area (TPSA) is 47.6 Å². The smallest absolute Gasteiger partial charge is 0.255 e. The Morgan fingerprint density at radius 1 is 1.19 bits per heavy atom. The molecule has 1 N–H and O–H groups in total. The molecule has 21 heavy (non-hydrogen) atoms. The van der Waals surface area contributed by atoms with Gasteiger partial charge < -0.3 is 14.8 Å². The summed E-state index contributed by atoms with van der Waals surface area (Å²) in [5, 5.41) is 3.04. The van der Waals surface area contributed by atoms with Crippen LogP contribution in [0.25, 0.3) is 0 Å². The minimum atomic E-state index is -0.164. The van der Waals surface area contributed by atoms with Crippen molar-refractivity contribution < 1.29 is 14.3 Å². The minimum absolute atomic E-state index is 0.00643. The number of para-hydroxylation sites is 1. The van der Waals surface area contributed by atoms with E-state index in [-0.39, 0.29) is 17.3 Å². The second-order valence-electron chi connectivity index (χ2n) is 5.28. The number of nitrogens with one attached hydrogen (secondary N) is 1. The van der Waals surface area contributed by atoms with Gasteiger partial charge >= 0.3 is 0 Å². The van der Waals surface area contributed by atoms with E-state index in [1.165, 1.54) is 13.5 Å². The second-order valence-corrected chi connectivity index (χ2v) is 5.84. The number of amides is 1. The Balaban J connectivity index is 2.16. The highest BCUT2D eigenvalue weighted by Gasteiger charge is 2.25. The van der Waals surface area contributed by atoms with Gasteiger partial charge in [-0.05, 0) is 25.0 Å². The normalized spacial score (nSPS) is 22.2. The van der Waals surface area contributed by atoms with Crippen molar-refractivity contribution in [1.82, 2.24) is 5.32 Å². The number of carbonyl (C=O) groups excluding carboxylic acids is 1. The van der Waals surface area contributed by atoms with Crippen LogP contribution in [0.5, 0.6) is 11.5 Å². The molecule has 116 valence electrons. The highest BCUT2D eigenvalue weighted by molar-refractivity contribution is 6.21. The Hall–Kier alpha value is -1.42. The predicted octanol–water partition coefficient (Wildman–Crippen LogP) is 3.37. The number of rotatable bonds is 4. The van der Waals surface area contributed by atoms with Crippen LogP contribution < -0.4 is 14.8 Å². The van der Waals surface area contributed by atoms with Gasteiger partial charge in [-0.3, -0.25) is 4.79 Å². The third kappa shape index (κ3) is 3.82. The molecule has 1 aromatic carbocycles. The minimum Gasteiger partial charge on any atom is -0.493 e. The van der Waals surface area contributed by atoms with Crippen molar-refractivity contribution in [2.45, 2.75) is 43.5 Å². The number of methoxy groups -OCH3 is 2. The molecule has 0 saturated heterocycles. The molecule has 2 atom stereocenters. The summed E-state index contributed by atoms with van der Waals surface area (Å²) in [6.07, 6.45) is 5.28. The van der Waals surface area contributed by atoms with Gasteiger partial charge in [0.15, 0.2) is 11.5 Å². The molecule has 4 nitrogen and oxygen atoms in total. The number of hydrogen-bond donors (Lipinski definition) is 1. The highest BCUT2D eigenvalue weighted by atomic mass is 35.5. The van der Waals surface area contributed by atoms with Crippen LogP contribution in [0.1, 0.15) is 42.5 Å². The molecule has 1 saturated carbocycles. The second kappa shape index (κ2) is 7.55. The van der Waals surface area contributed by atoms with Crippen LogP contribution in [0.4, 0.5) is 0 Å². The standard InChI is InChI=1S/C16H22ClNO3/c1-20-14-10-6-7-11(15(14)21-2)16(19)18-13-9-5-3-4-8-12(13)17/h6-7,10,12-13H,3-5,8-9H2,1-2H3,(H,18,19). The van der Waals surface area contributed by atoms with Crippen molar-refractivity contribution in [2.75, 3.05) is 14.2 Å². The average molecular weight is 312 g/mol. The van der Waals surface area contributed by atoms with E-state index in [9.17, 15) is 4.79 Å². The van der Waals surface area contributed by atoms with Gasteiger partial charge in [0.05, 0.1) is 25.2 Å². The van der Waals surface area contributed by atoms with E-state index < -0.39 is 0 Å². The maximum atomic E-state index is 12.5. The first-order chi connectivity index (χ1) is 10.2. The average Bonchev–Trinajstić information content (AvgIpc) is 2.71. The van der Waals surface area contributed by atoms with Gasteiger partial charge in [0, 0.05) is 6.04 Å². The Labute approximate surface area is 130 Å². The van der Waals surface area contributed by atoms with E-state index in [1.807, 2.05) is 0 Å². The highest BCUT2D eigenvalue weighted by Crippen LogP contribution is 2.31. The van der Waals surface area contributed by atoms with E-state index in [2.05, 4.69) is 5.32 Å². The van der Waals surface area contributed by atoms with Crippen molar-refractivity contribution in [3.8, 4) is 11.5 Å². The van der Waals surface area contributed by atoms with Crippen LogP contribution in [0.3, 0.4) is 0 Å². The molecular weight excluding hydrogens is 290 g/mol. The molecule has 1 aliphatic rings. The maximum absolute atomic E-state index is 12.5. The van der Waals surface area contributed by atoms with Crippen LogP contribution >= 0.6 is 11.6 Å². The molecule has 5 heteroatoms. The van der Waals surface area contributed by atoms with Gasteiger partial charge in [-0.1, -0.05) is 25.3 Å². The Kier molecular flexibility index (Phi) is 5.74. The molecule has 0 bridgehead atoms. The van der Waals surface area contributed by atoms with Crippen LogP contribution in [-0.2, 0) is 0 Å². The van der Waals surface area contributed by atoms with Crippen molar-refractivity contribution in [3.63, 3.8) is 0 Å². The van der Waals surface area contributed by atoms with Gasteiger partial charge in [-0.15, -0.1) is 11.6 Å². The van der Waals surface area contributed by atoms with Crippen LogP contribution in [-0.4, -0.2) is 31.5 Å². The lowest BCUT2D eigenvalue weighted by Gasteiger charge is -2.22.